The van der Waals surface area contributed by atoms with Crippen molar-refractivity contribution in [3.8, 4) is 0 Å². The minimum absolute atomic E-state index is 0.00471. The van der Waals surface area contributed by atoms with Gasteiger partial charge in [-0.25, -0.2) is 0 Å². The number of aliphatic hydroxyl groups is 2. The Labute approximate surface area is 218 Å². The number of hydrogen-bond donors (Lipinski definition) is 2. The lowest BCUT2D eigenvalue weighted by atomic mass is 10.0. The summed E-state index contributed by atoms with van der Waals surface area (Å²) in [5.41, 5.74) is 0. The van der Waals surface area contributed by atoms with Crippen LogP contribution in [0.2, 0.25) is 0 Å². The summed E-state index contributed by atoms with van der Waals surface area (Å²) < 4.78 is 5.94. The van der Waals surface area contributed by atoms with E-state index in [-0.39, 0.29) is 25.3 Å². The van der Waals surface area contributed by atoms with Crippen LogP contribution in [-0.4, -0.2) is 60.0 Å². The molecule has 210 valence electrons. The quantitative estimate of drug-likeness (QED) is 0.0866. The van der Waals surface area contributed by atoms with Gasteiger partial charge in [0.25, 0.3) is 0 Å². The smallest absolute Gasteiger partial charge is 0.306 e. The average molecular weight is 500 g/mol. The van der Waals surface area contributed by atoms with Crippen LogP contribution >= 0.6 is 0 Å². The van der Waals surface area contributed by atoms with Crippen LogP contribution in [0.25, 0.3) is 0 Å². The Hall–Kier alpha value is -0.650. The van der Waals surface area contributed by atoms with Crippen LogP contribution in [0.1, 0.15) is 149 Å². The van der Waals surface area contributed by atoms with Crippen molar-refractivity contribution >= 4 is 5.97 Å². The normalized spacial score (nSPS) is 11.6. The second kappa shape index (κ2) is 27.9. The molecule has 5 nitrogen and oxygen atoms in total. The summed E-state index contributed by atoms with van der Waals surface area (Å²) in [5.74, 6) is 0.00471. The van der Waals surface area contributed by atoms with Crippen LogP contribution in [0, 0.1) is 0 Å². The summed E-state index contributed by atoms with van der Waals surface area (Å²) in [5, 5.41) is 18.1. The zero-order valence-corrected chi connectivity index (χ0v) is 23.6. The third kappa shape index (κ3) is 24.8. The first kappa shape index (κ1) is 34.4. The van der Waals surface area contributed by atoms with E-state index in [2.05, 4.69) is 18.7 Å². The van der Waals surface area contributed by atoms with E-state index in [1.165, 1.54) is 77.0 Å². The highest BCUT2D eigenvalue weighted by molar-refractivity contribution is 5.69. The highest BCUT2D eigenvalue weighted by Gasteiger charge is 2.14. The predicted molar refractivity (Wildman–Crippen MR) is 149 cm³/mol. The fourth-order valence-corrected chi connectivity index (χ4v) is 4.72. The highest BCUT2D eigenvalue weighted by atomic mass is 16.5. The van der Waals surface area contributed by atoms with Gasteiger partial charge in [0.15, 0.2) is 0 Å². The maximum absolute atomic E-state index is 12.5. The Bertz CT molecular complexity index is 417. The largest absolute Gasteiger partial charge is 0.462 e. The number of carbonyl (C=O) groups is 1. The van der Waals surface area contributed by atoms with Crippen LogP contribution in [0.5, 0.6) is 0 Å². The van der Waals surface area contributed by atoms with Gasteiger partial charge in [0.1, 0.15) is 6.10 Å². The van der Waals surface area contributed by atoms with E-state index in [9.17, 15) is 4.79 Å². The molecule has 5 heteroatoms. The number of rotatable bonds is 28. The molecule has 35 heavy (non-hydrogen) atoms. The van der Waals surface area contributed by atoms with Gasteiger partial charge in [0.05, 0.1) is 6.61 Å². The molecule has 0 radical (unpaired) electrons. The fourth-order valence-electron chi connectivity index (χ4n) is 4.72. The maximum atomic E-state index is 12.5. The minimum atomic E-state index is 0.00471. The minimum Gasteiger partial charge on any atom is -0.462 e. The van der Waals surface area contributed by atoms with E-state index >= 15 is 0 Å². The fraction of sp³-hybridized carbons (Fsp3) is 0.967. The molecular weight excluding hydrogens is 438 g/mol. The lowest BCUT2D eigenvalue weighted by Gasteiger charge is -2.20. The van der Waals surface area contributed by atoms with E-state index in [0.717, 1.165) is 64.5 Å². The van der Waals surface area contributed by atoms with Gasteiger partial charge in [-0.15, -0.1) is 0 Å². The topological polar surface area (TPSA) is 70.0 Å². The van der Waals surface area contributed by atoms with Gasteiger partial charge in [-0.1, -0.05) is 97.3 Å². The van der Waals surface area contributed by atoms with Crippen molar-refractivity contribution in [1.29, 1.82) is 0 Å². The summed E-state index contributed by atoms with van der Waals surface area (Å²) in [6, 6.07) is 0. The summed E-state index contributed by atoms with van der Waals surface area (Å²) in [7, 11) is 0. The van der Waals surface area contributed by atoms with E-state index in [4.69, 9.17) is 14.9 Å². The molecule has 0 fully saturated rings. The van der Waals surface area contributed by atoms with Crippen molar-refractivity contribution in [2.45, 2.75) is 155 Å². The predicted octanol–water partition coefficient (Wildman–Crippen LogP) is 7.42. The molecule has 0 aromatic rings. The number of unbranched alkanes of at least 4 members (excludes halogenated alkanes) is 14. The standard InChI is InChI=1S/C30H61NO4/c1-3-5-7-9-12-16-21-29(22-17-13-10-8-6-4-2)35-30(34)23-18-14-11-15-19-24-31(26-28-33)25-20-27-32/h29,32-33H,3-28H2,1-2H3. The molecule has 0 aliphatic rings. The van der Waals surface area contributed by atoms with Crippen LogP contribution < -0.4 is 0 Å². The van der Waals surface area contributed by atoms with Crippen molar-refractivity contribution < 1.29 is 19.7 Å². The molecular formula is C30H61NO4. The second-order valence-corrected chi connectivity index (χ2v) is 10.4. The van der Waals surface area contributed by atoms with Crippen LogP contribution in [0.3, 0.4) is 0 Å². The Morgan fingerprint density at radius 1 is 0.600 bits per heavy atom. The lowest BCUT2D eigenvalue weighted by molar-refractivity contribution is -0.150. The summed E-state index contributed by atoms with van der Waals surface area (Å²) in [6.45, 7) is 7.39. The van der Waals surface area contributed by atoms with E-state index in [1.807, 2.05) is 0 Å². The van der Waals surface area contributed by atoms with Gasteiger partial charge in [0.2, 0.25) is 0 Å². The first-order valence-electron chi connectivity index (χ1n) is 15.3. The van der Waals surface area contributed by atoms with Crippen LogP contribution in [0.4, 0.5) is 0 Å². The summed E-state index contributed by atoms with van der Waals surface area (Å²) in [6.07, 6.45) is 24.3. The third-order valence-corrected chi connectivity index (χ3v) is 6.96. The number of hydrogen-bond acceptors (Lipinski definition) is 5. The Balaban J connectivity index is 4.05. The van der Waals surface area contributed by atoms with Gasteiger partial charge in [-0.05, 0) is 51.5 Å². The van der Waals surface area contributed by atoms with E-state index in [1.54, 1.807) is 0 Å². The molecule has 0 unspecified atom stereocenters. The molecule has 0 spiro atoms. The molecule has 0 heterocycles. The molecule has 0 aromatic heterocycles. The molecule has 2 N–H and O–H groups in total. The number of esters is 1. The monoisotopic (exact) mass is 499 g/mol. The lowest BCUT2D eigenvalue weighted by Crippen LogP contribution is -2.29. The highest BCUT2D eigenvalue weighted by Crippen LogP contribution is 2.18. The number of ether oxygens (including phenoxy) is 1. The Morgan fingerprint density at radius 3 is 1.63 bits per heavy atom. The molecule has 0 bridgehead atoms. The van der Waals surface area contributed by atoms with Crippen molar-refractivity contribution in [2.24, 2.45) is 0 Å². The van der Waals surface area contributed by atoms with E-state index in [0.29, 0.717) is 13.0 Å². The van der Waals surface area contributed by atoms with Crippen LogP contribution in [-0.2, 0) is 9.53 Å². The maximum Gasteiger partial charge on any atom is 0.306 e. The van der Waals surface area contributed by atoms with E-state index < -0.39 is 0 Å². The number of carbonyl (C=O) groups excluding carboxylic acids is 1. The van der Waals surface area contributed by atoms with Gasteiger partial charge >= 0.3 is 5.97 Å². The Kier molecular flexibility index (Phi) is 27.4. The van der Waals surface area contributed by atoms with Gasteiger partial charge in [0, 0.05) is 26.1 Å². The summed E-state index contributed by atoms with van der Waals surface area (Å²) >= 11 is 0. The van der Waals surface area contributed by atoms with Crippen LogP contribution in [0.15, 0.2) is 0 Å². The van der Waals surface area contributed by atoms with Gasteiger partial charge in [-0.3, -0.25) is 4.79 Å². The molecule has 0 saturated heterocycles. The molecule has 0 saturated carbocycles. The zero-order chi connectivity index (χ0) is 25.8. The number of aliphatic hydroxyl groups excluding tert-OH is 2. The number of nitrogens with zero attached hydrogens (tertiary/aromatic N) is 1. The first-order valence-corrected chi connectivity index (χ1v) is 15.3. The molecule has 0 amide bonds. The Morgan fingerprint density at radius 2 is 1.09 bits per heavy atom. The molecule has 0 rings (SSSR count). The first-order chi connectivity index (χ1) is 17.2. The summed E-state index contributed by atoms with van der Waals surface area (Å²) in [4.78, 5) is 14.7. The molecule has 0 aliphatic carbocycles. The molecule has 0 atom stereocenters. The van der Waals surface area contributed by atoms with Crippen molar-refractivity contribution in [1.82, 2.24) is 4.90 Å². The van der Waals surface area contributed by atoms with Crippen molar-refractivity contribution in [3.05, 3.63) is 0 Å². The molecule has 0 aliphatic heterocycles. The zero-order valence-electron chi connectivity index (χ0n) is 23.6. The van der Waals surface area contributed by atoms with Crippen molar-refractivity contribution in [3.63, 3.8) is 0 Å². The SMILES string of the molecule is CCCCCCCCC(CCCCCCCC)OC(=O)CCCCCCCN(CCO)CCCO. The van der Waals surface area contributed by atoms with Crippen molar-refractivity contribution in [2.75, 3.05) is 32.8 Å². The second-order valence-electron chi connectivity index (χ2n) is 10.4. The molecule has 0 aromatic carbocycles. The average Bonchev–Trinajstić information content (AvgIpc) is 2.85. The van der Waals surface area contributed by atoms with Gasteiger partial charge < -0.3 is 19.8 Å². The third-order valence-electron chi connectivity index (χ3n) is 6.96. The van der Waals surface area contributed by atoms with Gasteiger partial charge in [-0.2, -0.15) is 0 Å².